The molecule has 174 valence electrons. The third-order valence-electron chi connectivity index (χ3n) is 5.83. The maximum atomic E-state index is 13.2. The number of aromatic nitrogens is 2. The summed E-state index contributed by atoms with van der Waals surface area (Å²) in [4.78, 5) is 12.9. The summed E-state index contributed by atoms with van der Waals surface area (Å²) in [5.74, 6) is 0.253. The number of carbonyl (C=O) groups excluding carboxylic acids is 1. The molecule has 1 fully saturated rings. The van der Waals surface area contributed by atoms with Crippen molar-refractivity contribution in [2.24, 2.45) is 0 Å². The molecule has 1 aliphatic heterocycles. The molecule has 0 bridgehead atoms. The molecule has 10 heteroatoms. The van der Waals surface area contributed by atoms with Crippen molar-refractivity contribution in [2.75, 3.05) is 25.5 Å². The third kappa shape index (κ3) is 5.07. The van der Waals surface area contributed by atoms with Crippen LogP contribution in [0.25, 0.3) is 0 Å². The van der Waals surface area contributed by atoms with E-state index in [1.807, 2.05) is 19.9 Å². The molecule has 8 nitrogen and oxygen atoms in total. The lowest BCUT2D eigenvalue weighted by atomic mass is 10.0. The third-order valence-corrected chi connectivity index (χ3v) is 8.78. The van der Waals surface area contributed by atoms with E-state index in [0.717, 1.165) is 24.0 Å². The monoisotopic (exact) mass is 486 g/mol. The van der Waals surface area contributed by atoms with Crippen molar-refractivity contribution in [3.63, 3.8) is 0 Å². The number of anilines is 1. The van der Waals surface area contributed by atoms with Gasteiger partial charge < -0.3 is 10.1 Å². The van der Waals surface area contributed by atoms with Crippen molar-refractivity contribution in [1.82, 2.24) is 14.5 Å². The number of piperidine rings is 1. The van der Waals surface area contributed by atoms with Crippen molar-refractivity contribution in [3.05, 3.63) is 63.6 Å². The summed E-state index contributed by atoms with van der Waals surface area (Å²) in [6.07, 6.45) is 1.52. The van der Waals surface area contributed by atoms with Gasteiger partial charge in [-0.2, -0.15) is 4.31 Å². The Bertz CT molecular complexity index is 1260. The van der Waals surface area contributed by atoms with Crippen LogP contribution in [0.1, 0.15) is 44.7 Å². The molecule has 1 aliphatic rings. The van der Waals surface area contributed by atoms with Crippen LogP contribution in [0.5, 0.6) is 5.75 Å². The number of amides is 1. The molecule has 0 spiro atoms. The molecule has 0 aliphatic carbocycles. The summed E-state index contributed by atoms with van der Waals surface area (Å²) in [6, 6.07) is 12.2. The SMILES string of the molecule is COc1ccc(NC(=O)c2nnc([C@@H]3CCCN(S(=O)(=O)c4ccc(C)c(C)c4)C3)s2)cc1. The molecule has 1 aromatic heterocycles. The Morgan fingerprint density at radius 2 is 1.88 bits per heavy atom. The normalized spacial score (nSPS) is 17.0. The highest BCUT2D eigenvalue weighted by Crippen LogP contribution is 2.32. The van der Waals surface area contributed by atoms with Gasteiger partial charge in [0.2, 0.25) is 15.0 Å². The topological polar surface area (TPSA) is 101 Å². The molecule has 2 aromatic carbocycles. The number of nitrogens with zero attached hydrogens (tertiary/aromatic N) is 3. The number of benzene rings is 2. The Kier molecular flexibility index (Phi) is 6.78. The van der Waals surface area contributed by atoms with Crippen molar-refractivity contribution >= 4 is 33.0 Å². The average Bonchev–Trinajstić information content (AvgIpc) is 3.32. The fourth-order valence-electron chi connectivity index (χ4n) is 3.74. The summed E-state index contributed by atoms with van der Waals surface area (Å²) >= 11 is 1.21. The lowest BCUT2D eigenvalue weighted by molar-refractivity contribution is 0.102. The Labute approximate surface area is 197 Å². The minimum atomic E-state index is -3.60. The van der Waals surface area contributed by atoms with E-state index in [-0.39, 0.29) is 16.8 Å². The molecule has 1 amide bonds. The van der Waals surface area contributed by atoms with Gasteiger partial charge in [0.05, 0.1) is 12.0 Å². The van der Waals surface area contributed by atoms with Crippen LogP contribution in [0.2, 0.25) is 0 Å². The first-order chi connectivity index (χ1) is 15.8. The minimum Gasteiger partial charge on any atom is -0.497 e. The summed E-state index contributed by atoms with van der Waals surface area (Å²) in [5.41, 5.74) is 2.63. The van der Waals surface area contributed by atoms with Gasteiger partial charge in [-0.25, -0.2) is 8.42 Å². The first kappa shape index (κ1) is 23.3. The Morgan fingerprint density at radius 3 is 2.58 bits per heavy atom. The second kappa shape index (κ2) is 9.58. The molecule has 4 rings (SSSR count). The van der Waals surface area contributed by atoms with E-state index in [0.29, 0.717) is 34.4 Å². The van der Waals surface area contributed by atoms with Gasteiger partial charge >= 0.3 is 0 Å². The number of sulfonamides is 1. The number of carbonyl (C=O) groups is 1. The van der Waals surface area contributed by atoms with Crippen LogP contribution < -0.4 is 10.1 Å². The van der Waals surface area contributed by atoms with Crippen molar-refractivity contribution < 1.29 is 17.9 Å². The summed E-state index contributed by atoms with van der Waals surface area (Å²) in [5, 5.41) is 12.0. The largest absolute Gasteiger partial charge is 0.497 e. The van der Waals surface area contributed by atoms with Crippen LogP contribution in [-0.4, -0.2) is 49.0 Å². The zero-order valence-corrected chi connectivity index (χ0v) is 20.4. The van der Waals surface area contributed by atoms with Gasteiger partial charge in [0.25, 0.3) is 5.91 Å². The second-order valence-electron chi connectivity index (χ2n) is 8.08. The van der Waals surface area contributed by atoms with Crippen molar-refractivity contribution in [2.45, 2.75) is 37.5 Å². The summed E-state index contributed by atoms with van der Waals surface area (Å²) < 4.78 is 33.1. The van der Waals surface area contributed by atoms with E-state index in [9.17, 15) is 13.2 Å². The highest BCUT2D eigenvalue weighted by atomic mass is 32.2. The maximum Gasteiger partial charge on any atom is 0.286 e. The average molecular weight is 487 g/mol. The predicted molar refractivity (Wildman–Crippen MR) is 128 cm³/mol. The zero-order chi connectivity index (χ0) is 23.6. The van der Waals surface area contributed by atoms with Gasteiger partial charge in [-0.05, 0) is 74.2 Å². The van der Waals surface area contributed by atoms with Gasteiger partial charge in [0, 0.05) is 24.7 Å². The zero-order valence-electron chi connectivity index (χ0n) is 18.7. The van der Waals surface area contributed by atoms with Gasteiger partial charge in [-0.3, -0.25) is 4.79 Å². The Hall–Kier alpha value is -2.82. The fourth-order valence-corrected chi connectivity index (χ4v) is 6.21. The molecular weight excluding hydrogens is 460 g/mol. The lowest BCUT2D eigenvalue weighted by Gasteiger charge is -2.30. The number of methoxy groups -OCH3 is 1. The Morgan fingerprint density at radius 1 is 1.12 bits per heavy atom. The van der Waals surface area contributed by atoms with Gasteiger partial charge in [0.1, 0.15) is 10.8 Å². The van der Waals surface area contributed by atoms with Crippen LogP contribution in [0.4, 0.5) is 5.69 Å². The molecule has 1 atom stereocenters. The van der Waals surface area contributed by atoms with E-state index in [1.54, 1.807) is 43.5 Å². The molecular formula is C23H26N4O4S2. The first-order valence-corrected chi connectivity index (χ1v) is 12.9. The van der Waals surface area contributed by atoms with Crippen LogP contribution >= 0.6 is 11.3 Å². The van der Waals surface area contributed by atoms with Gasteiger partial charge in [0.15, 0.2) is 0 Å². The van der Waals surface area contributed by atoms with Crippen LogP contribution in [-0.2, 0) is 10.0 Å². The summed E-state index contributed by atoms with van der Waals surface area (Å²) in [6.45, 7) is 4.66. The standard InChI is InChI=1S/C23H26N4O4S2/c1-15-6-11-20(13-16(15)2)33(29,30)27-12-4-5-17(14-27)22-25-26-23(32-22)21(28)24-18-7-9-19(31-3)10-8-18/h6-11,13,17H,4-5,12,14H2,1-3H3,(H,24,28)/t17-/m1/s1. The first-order valence-electron chi connectivity index (χ1n) is 10.6. The smallest absolute Gasteiger partial charge is 0.286 e. The van der Waals surface area contributed by atoms with E-state index in [1.165, 1.54) is 15.6 Å². The van der Waals surface area contributed by atoms with Crippen LogP contribution in [0, 0.1) is 13.8 Å². The van der Waals surface area contributed by atoms with E-state index in [4.69, 9.17) is 4.74 Å². The van der Waals surface area contributed by atoms with Crippen molar-refractivity contribution in [3.8, 4) is 5.75 Å². The van der Waals surface area contributed by atoms with E-state index < -0.39 is 10.0 Å². The molecule has 1 saturated heterocycles. The quantitative estimate of drug-likeness (QED) is 0.565. The second-order valence-corrected chi connectivity index (χ2v) is 11.0. The Balaban J connectivity index is 1.46. The number of ether oxygens (including phenoxy) is 1. The molecule has 0 unspecified atom stereocenters. The van der Waals surface area contributed by atoms with Gasteiger partial charge in [-0.1, -0.05) is 17.4 Å². The molecule has 33 heavy (non-hydrogen) atoms. The van der Waals surface area contributed by atoms with E-state index in [2.05, 4.69) is 15.5 Å². The molecule has 2 heterocycles. The van der Waals surface area contributed by atoms with Crippen LogP contribution in [0.15, 0.2) is 47.4 Å². The molecule has 1 N–H and O–H groups in total. The number of hydrogen-bond donors (Lipinski definition) is 1. The molecule has 0 radical (unpaired) electrons. The highest BCUT2D eigenvalue weighted by molar-refractivity contribution is 7.89. The minimum absolute atomic E-state index is 0.0971. The summed E-state index contributed by atoms with van der Waals surface area (Å²) in [7, 11) is -2.02. The molecule has 3 aromatic rings. The highest BCUT2D eigenvalue weighted by Gasteiger charge is 2.33. The van der Waals surface area contributed by atoms with Crippen molar-refractivity contribution in [1.29, 1.82) is 0 Å². The maximum absolute atomic E-state index is 13.2. The molecule has 0 saturated carbocycles. The van der Waals surface area contributed by atoms with Crippen LogP contribution in [0.3, 0.4) is 0 Å². The number of aryl methyl sites for hydroxylation is 2. The fraction of sp³-hybridized carbons (Fsp3) is 0.348. The predicted octanol–water partition coefficient (Wildman–Crippen LogP) is 3.98. The number of rotatable bonds is 6. The number of nitrogens with one attached hydrogen (secondary N) is 1. The number of hydrogen-bond acceptors (Lipinski definition) is 7. The van der Waals surface area contributed by atoms with Gasteiger partial charge in [-0.15, -0.1) is 10.2 Å². The van der Waals surface area contributed by atoms with E-state index >= 15 is 0 Å². The lowest BCUT2D eigenvalue weighted by Crippen LogP contribution is -2.39.